The Hall–Kier alpha value is -1.79. The van der Waals surface area contributed by atoms with Crippen molar-refractivity contribution >= 4 is 0 Å². The molecule has 2 heterocycles. The largest absolute Gasteiger partial charge is 0.481 e. The van der Waals surface area contributed by atoms with Gasteiger partial charge < -0.3 is 19.2 Å². The van der Waals surface area contributed by atoms with E-state index in [0.717, 1.165) is 42.4 Å². The first-order valence-electron chi connectivity index (χ1n) is 7.09. The fraction of sp³-hybridized carbons (Fsp3) is 0.533. The van der Waals surface area contributed by atoms with E-state index in [9.17, 15) is 0 Å². The summed E-state index contributed by atoms with van der Waals surface area (Å²) >= 11 is 0. The Morgan fingerprint density at radius 1 is 1.43 bits per heavy atom. The highest BCUT2D eigenvalue weighted by Crippen LogP contribution is 2.20. The quantitative estimate of drug-likeness (QED) is 0.717. The molecule has 1 N–H and O–H groups in total. The number of nitrogens with zero attached hydrogens (tertiary/aromatic N) is 2. The van der Waals surface area contributed by atoms with Crippen LogP contribution in [-0.2, 0) is 24.9 Å². The molecule has 0 fully saturated rings. The number of hydrogen-bond acceptors (Lipinski definition) is 5. The zero-order valence-electron chi connectivity index (χ0n) is 12.9. The van der Waals surface area contributed by atoms with Crippen LogP contribution in [0.15, 0.2) is 22.8 Å². The standard InChI is InChI=1S/C15H23N3O3/c1-12-14(15(19-3)18(2)17-12)10-16-7-5-8-20-11-13-6-4-9-21-13/h4,6,9,16H,5,7-8,10-11H2,1-3H3. The summed E-state index contributed by atoms with van der Waals surface area (Å²) in [7, 11) is 3.56. The van der Waals surface area contributed by atoms with Crippen molar-refractivity contribution < 1.29 is 13.9 Å². The molecule has 21 heavy (non-hydrogen) atoms. The summed E-state index contributed by atoms with van der Waals surface area (Å²) < 4.78 is 17.8. The molecule has 0 amide bonds. The Morgan fingerprint density at radius 2 is 2.29 bits per heavy atom. The Kier molecular flexibility index (Phi) is 5.83. The monoisotopic (exact) mass is 293 g/mol. The van der Waals surface area contributed by atoms with Crippen LogP contribution in [0, 0.1) is 6.92 Å². The van der Waals surface area contributed by atoms with Gasteiger partial charge in [0, 0.05) is 20.2 Å². The number of hydrogen-bond donors (Lipinski definition) is 1. The minimum atomic E-state index is 0.530. The Labute approximate surface area is 125 Å². The first-order valence-corrected chi connectivity index (χ1v) is 7.09. The molecule has 0 aliphatic rings. The minimum absolute atomic E-state index is 0.530. The van der Waals surface area contributed by atoms with Gasteiger partial charge >= 0.3 is 0 Å². The summed E-state index contributed by atoms with van der Waals surface area (Å²) in [5.74, 6) is 1.67. The van der Waals surface area contributed by atoms with E-state index in [0.29, 0.717) is 13.2 Å². The summed E-state index contributed by atoms with van der Waals surface area (Å²) in [6, 6.07) is 3.78. The van der Waals surface area contributed by atoms with E-state index in [1.165, 1.54) is 0 Å². The number of rotatable bonds is 9. The van der Waals surface area contributed by atoms with Crippen LogP contribution >= 0.6 is 0 Å². The van der Waals surface area contributed by atoms with E-state index < -0.39 is 0 Å². The molecule has 0 spiro atoms. The predicted octanol–water partition coefficient (Wildman–Crippen LogP) is 2.03. The fourth-order valence-corrected chi connectivity index (χ4v) is 2.22. The van der Waals surface area contributed by atoms with Crippen molar-refractivity contribution in [2.45, 2.75) is 26.5 Å². The van der Waals surface area contributed by atoms with E-state index in [2.05, 4.69) is 10.4 Å². The van der Waals surface area contributed by atoms with Gasteiger partial charge in [-0.3, -0.25) is 0 Å². The van der Waals surface area contributed by atoms with Crippen molar-refractivity contribution in [3.8, 4) is 5.88 Å². The van der Waals surface area contributed by atoms with E-state index >= 15 is 0 Å². The summed E-state index contributed by atoms with van der Waals surface area (Å²) in [5, 5.41) is 7.74. The van der Waals surface area contributed by atoms with Crippen molar-refractivity contribution in [3.05, 3.63) is 35.4 Å². The maximum absolute atomic E-state index is 5.53. The minimum Gasteiger partial charge on any atom is -0.481 e. The van der Waals surface area contributed by atoms with Crippen LogP contribution in [0.1, 0.15) is 23.4 Å². The third-order valence-electron chi connectivity index (χ3n) is 3.25. The van der Waals surface area contributed by atoms with Crippen molar-refractivity contribution in [1.29, 1.82) is 0 Å². The Bertz CT molecular complexity index is 535. The highest BCUT2D eigenvalue weighted by molar-refractivity contribution is 5.30. The number of ether oxygens (including phenoxy) is 2. The van der Waals surface area contributed by atoms with Crippen LogP contribution in [0.25, 0.3) is 0 Å². The maximum Gasteiger partial charge on any atom is 0.216 e. The molecule has 0 aromatic carbocycles. The average Bonchev–Trinajstić information content (AvgIpc) is 3.06. The zero-order valence-corrected chi connectivity index (χ0v) is 12.9. The van der Waals surface area contributed by atoms with Crippen molar-refractivity contribution in [3.63, 3.8) is 0 Å². The molecule has 116 valence electrons. The second-order valence-corrected chi connectivity index (χ2v) is 4.86. The van der Waals surface area contributed by atoms with Crippen LogP contribution < -0.4 is 10.1 Å². The van der Waals surface area contributed by atoms with Gasteiger partial charge in [-0.1, -0.05) is 0 Å². The third-order valence-corrected chi connectivity index (χ3v) is 3.25. The van der Waals surface area contributed by atoms with Crippen LogP contribution in [0.5, 0.6) is 5.88 Å². The van der Waals surface area contributed by atoms with Gasteiger partial charge in [0.25, 0.3) is 0 Å². The number of aryl methyl sites for hydroxylation is 2. The molecule has 6 heteroatoms. The molecule has 0 unspecified atom stereocenters. The summed E-state index contributed by atoms with van der Waals surface area (Å²) in [4.78, 5) is 0. The number of methoxy groups -OCH3 is 1. The average molecular weight is 293 g/mol. The smallest absolute Gasteiger partial charge is 0.216 e. The van der Waals surface area contributed by atoms with Crippen molar-refractivity contribution in [1.82, 2.24) is 15.1 Å². The molecule has 0 radical (unpaired) electrons. The van der Waals surface area contributed by atoms with Gasteiger partial charge in [-0.15, -0.1) is 0 Å². The van der Waals surface area contributed by atoms with Crippen molar-refractivity contribution in [2.24, 2.45) is 7.05 Å². The fourth-order valence-electron chi connectivity index (χ4n) is 2.22. The second kappa shape index (κ2) is 7.85. The molecule has 6 nitrogen and oxygen atoms in total. The van der Waals surface area contributed by atoms with E-state index in [4.69, 9.17) is 13.9 Å². The number of nitrogens with one attached hydrogen (secondary N) is 1. The van der Waals surface area contributed by atoms with Crippen LogP contribution in [-0.4, -0.2) is 30.0 Å². The third kappa shape index (κ3) is 4.34. The lowest BCUT2D eigenvalue weighted by molar-refractivity contribution is 0.104. The van der Waals surface area contributed by atoms with E-state index in [1.807, 2.05) is 26.1 Å². The van der Waals surface area contributed by atoms with E-state index in [-0.39, 0.29) is 0 Å². The maximum atomic E-state index is 5.53. The van der Waals surface area contributed by atoms with Gasteiger partial charge in [-0.2, -0.15) is 5.10 Å². The SMILES string of the molecule is COc1c(CNCCCOCc2ccco2)c(C)nn1C. The molecule has 0 saturated carbocycles. The van der Waals surface area contributed by atoms with Crippen LogP contribution in [0.4, 0.5) is 0 Å². The molecule has 2 rings (SSSR count). The number of furan rings is 1. The van der Waals surface area contributed by atoms with E-state index in [1.54, 1.807) is 18.1 Å². The summed E-state index contributed by atoms with van der Waals surface area (Å²) in [5.41, 5.74) is 2.10. The normalized spacial score (nSPS) is 11.0. The van der Waals surface area contributed by atoms with Gasteiger partial charge in [0.1, 0.15) is 12.4 Å². The molecule has 0 aliphatic heterocycles. The molecule has 0 bridgehead atoms. The van der Waals surface area contributed by atoms with Gasteiger partial charge in [0.15, 0.2) is 0 Å². The molecular weight excluding hydrogens is 270 g/mol. The summed E-state index contributed by atoms with van der Waals surface area (Å²) in [6.45, 7) is 4.86. The lowest BCUT2D eigenvalue weighted by atomic mass is 10.2. The first kappa shape index (κ1) is 15.6. The Balaban J connectivity index is 1.61. The van der Waals surface area contributed by atoms with Gasteiger partial charge in [-0.25, -0.2) is 4.68 Å². The lowest BCUT2D eigenvalue weighted by Gasteiger charge is -2.07. The summed E-state index contributed by atoms with van der Waals surface area (Å²) in [6.07, 6.45) is 2.60. The second-order valence-electron chi connectivity index (χ2n) is 4.86. The van der Waals surface area contributed by atoms with Crippen molar-refractivity contribution in [2.75, 3.05) is 20.3 Å². The predicted molar refractivity (Wildman–Crippen MR) is 79.2 cm³/mol. The molecular formula is C15H23N3O3. The zero-order chi connectivity index (χ0) is 15.1. The molecule has 0 saturated heterocycles. The Morgan fingerprint density at radius 3 is 3.00 bits per heavy atom. The van der Waals surface area contributed by atoms with Crippen LogP contribution in [0.3, 0.4) is 0 Å². The number of aromatic nitrogens is 2. The van der Waals surface area contributed by atoms with Gasteiger partial charge in [0.05, 0.1) is 24.6 Å². The first-order chi connectivity index (χ1) is 10.2. The highest BCUT2D eigenvalue weighted by Gasteiger charge is 2.12. The highest BCUT2D eigenvalue weighted by atomic mass is 16.5. The lowest BCUT2D eigenvalue weighted by Crippen LogP contribution is -2.17. The van der Waals surface area contributed by atoms with Gasteiger partial charge in [-0.05, 0) is 32.0 Å². The molecule has 0 aliphatic carbocycles. The van der Waals surface area contributed by atoms with Gasteiger partial charge in [0.2, 0.25) is 5.88 Å². The topological polar surface area (TPSA) is 61.4 Å². The molecule has 2 aromatic rings. The molecule has 0 atom stereocenters. The molecule has 2 aromatic heterocycles. The van der Waals surface area contributed by atoms with Crippen LogP contribution in [0.2, 0.25) is 0 Å².